The highest BCUT2D eigenvalue weighted by molar-refractivity contribution is 6.53. The minimum absolute atomic E-state index is 0.167. The first-order valence-electron chi connectivity index (χ1n) is 8.72. The number of amides is 2. The molecule has 158 valence electrons. The topological polar surface area (TPSA) is 75.3 Å². The molecule has 2 atom stereocenters. The average Bonchev–Trinajstić information content (AvgIpc) is 3.22. The SMILES string of the molecule is CC(=O)NCC(=O)c1cc(NC(=O)C2C(c3cc(Cl)cc(Cl)c3)C2(Cl)Cl)ccc1Cl. The van der Waals surface area contributed by atoms with Crippen molar-refractivity contribution in [3.63, 3.8) is 0 Å². The summed E-state index contributed by atoms with van der Waals surface area (Å²) in [5, 5.41) is 6.14. The number of hydrogen-bond donors (Lipinski definition) is 2. The van der Waals surface area contributed by atoms with Crippen molar-refractivity contribution in [1.29, 1.82) is 0 Å². The van der Waals surface area contributed by atoms with E-state index in [2.05, 4.69) is 10.6 Å². The molecule has 0 radical (unpaired) electrons. The molecule has 2 aromatic rings. The molecule has 0 spiro atoms. The van der Waals surface area contributed by atoms with Crippen molar-refractivity contribution >= 4 is 81.3 Å². The lowest BCUT2D eigenvalue weighted by Crippen LogP contribution is -2.27. The smallest absolute Gasteiger partial charge is 0.231 e. The van der Waals surface area contributed by atoms with Gasteiger partial charge in [0.15, 0.2) is 5.78 Å². The van der Waals surface area contributed by atoms with Crippen molar-refractivity contribution in [2.75, 3.05) is 11.9 Å². The maximum Gasteiger partial charge on any atom is 0.231 e. The van der Waals surface area contributed by atoms with Crippen LogP contribution in [0.2, 0.25) is 15.1 Å². The molecule has 0 heterocycles. The Morgan fingerprint density at radius 3 is 2.23 bits per heavy atom. The van der Waals surface area contributed by atoms with Gasteiger partial charge in [-0.2, -0.15) is 0 Å². The highest BCUT2D eigenvalue weighted by atomic mass is 35.5. The molecule has 3 rings (SSSR count). The monoisotopic (exact) mass is 506 g/mol. The zero-order chi connectivity index (χ0) is 22.2. The van der Waals surface area contributed by atoms with Gasteiger partial charge in [-0.1, -0.05) is 34.8 Å². The molecule has 1 saturated carbocycles. The molecule has 1 fully saturated rings. The summed E-state index contributed by atoms with van der Waals surface area (Å²) in [6, 6.07) is 9.35. The Morgan fingerprint density at radius 1 is 1.00 bits per heavy atom. The van der Waals surface area contributed by atoms with Crippen LogP contribution in [0.1, 0.15) is 28.8 Å². The van der Waals surface area contributed by atoms with Crippen molar-refractivity contribution in [2.45, 2.75) is 17.2 Å². The molecule has 5 nitrogen and oxygen atoms in total. The van der Waals surface area contributed by atoms with E-state index in [9.17, 15) is 14.4 Å². The highest BCUT2D eigenvalue weighted by Crippen LogP contribution is 2.65. The lowest BCUT2D eigenvalue weighted by Gasteiger charge is -2.09. The van der Waals surface area contributed by atoms with Crippen LogP contribution in [-0.2, 0) is 9.59 Å². The van der Waals surface area contributed by atoms with Crippen molar-refractivity contribution in [2.24, 2.45) is 5.92 Å². The Morgan fingerprint density at radius 2 is 1.63 bits per heavy atom. The Hall–Kier alpha value is -1.50. The van der Waals surface area contributed by atoms with Gasteiger partial charge in [-0.3, -0.25) is 14.4 Å². The lowest BCUT2D eigenvalue weighted by molar-refractivity contribution is -0.119. The molecular formula is C20H15Cl5N2O3. The van der Waals surface area contributed by atoms with Crippen molar-refractivity contribution < 1.29 is 14.4 Å². The number of hydrogen-bond acceptors (Lipinski definition) is 3. The van der Waals surface area contributed by atoms with Crippen LogP contribution < -0.4 is 10.6 Å². The van der Waals surface area contributed by atoms with Gasteiger partial charge in [0, 0.05) is 34.1 Å². The second-order valence-electron chi connectivity index (χ2n) is 6.85. The molecule has 0 aliphatic heterocycles. The average molecular weight is 509 g/mol. The van der Waals surface area contributed by atoms with E-state index in [-0.39, 0.29) is 23.0 Å². The van der Waals surface area contributed by atoms with E-state index in [4.69, 9.17) is 58.0 Å². The number of anilines is 1. The van der Waals surface area contributed by atoms with E-state index in [0.29, 0.717) is 21.3 Å². The number of rotatable bonds is 6. The van der Waals surface area contributed by atoms with E-state index in [1.54, 1.807) is 24.3 Å². The summed E-state index contributed by atoms with van der Waals surface area (Å²) < 4.78 is -1.32. The summed E-state index contributed by atoms with van der Waals surface area (Å²) in [7, 11) is 0. The molecule has 0 bridgehead atoms. The third-order valence-corrected chi connectivity index (χ3v) is 6.32. The number of Topliss-reactive ketones (excluding diaryl/α,β-unsaturated/α-hetero) is 1. The van der Waals surface area contributed by atoms with Crippen LogP contribution in [0.4, 0.5) is 5.69 Å². The van der Waals surface area contributed by atoms with Crippen molar-refractivity contribution in [1.82, 2.24) is 5.32 Å². The number of carbonyl (C=O) groups excluding carboxylic acids is 3. The van der Waals surface area contributed by atoms with Crippen LogP contribution in [0.25, 0.3) is 0 Å². The number of carbonyl (C=O) groups is 3. The predicted octanol–water partition coefficient (Wildman–Crippen LogP) is 5.49. The zero-order valence-corrected chi connectivity index (χ0v) is 19.2. The first kappa shape index (κ1) is 23.2. The summed E-state index contributed by atoms with van der Waals surface area (Å²) >= 11 is 30.9. The van der Waals surface area contributed by atoms with E-state index < -0.39 is 27.9 Å². The third kappa shape index (κ3) is 5.04. The fourth-order valence-corrected chi connectivity index (χ4v) is 4.75. The number of halogens is 5. The number of ketones is 1. The summed E-state index contributed by atoms with van der Waals surface area (Å²) in [4.78, 5) is 36.1. The van der Waals surface area contributed by atoms with Crippen molar-refractivity contribution in [3.8, 4) is 0 Å². The van der Waals surface area contributed by atoms with Gasteiger partial charge in [0.05, 0.1) is 17.5 Å². The summed E-state index contributed by atoms with van der Waals surface area (Å²) in [5.41, 5.74) is 1.16. The quantitative estimate of drug-likeness (QED) is 0.400. The van der Waals surface area contributed by atoms with Gasteiger partial charge in [-0.05, 0) is 42.0 Å². The number of benzene rings is 2. The second kappa shape index (κ2) is 8.93. The molecule has 2 amide bonds. The maximum atomic E-state index is 12.8. The zero-order valence-electron chi connectivity index (χ0n) is 15.4. The molecule has 2 aromatic carbocycles. The Kier molecular flexibility index (Phi) is 6.90. The normalized spacial score (nSPS) is 19.1. The van der Waals surface area contributed by atoms with Crippen LogP contribution in [0, 0.1) is 5.92 Å². The van der Waals surface area contributed by atoms with Gasteiger partial charge in [0.2, 0.25) is 11.8 Å². The molecule has 0 saturated heterocycles. The molecule has 1 aliphatic carbocycles. The minimum Gasteiger partial charge on any atom is -0.349 e. The molecule has 0 aromatic heterocycles. The number of nitrogens with one attached hydrogen (secondary N) is 2. The van der Waals surface area contributed by atoms with Gasteiger partial charge >= 0.3 is 0 Å². The van der Waals surface area contributed by atoms with Crippen LogP contribution in [0.3, 0.4) is 0 Å². The van der Waals surface area contributed by atoms with Gasteiger partial charge in [0.25, 0.3) is 0 Å². The fraction of sp³-hybridized carbons (Fsp3) is 0.250. The minimum atomic E-state index is -1.32. The van der Waals surface area contributed by atoms with Gasteiger partial charge in [-0.25, -0.2) is 0 Å². The fourth-order valence-electron chi connectivity index (χ4n) is 3.16. The molecule has 10 heteroatoms. The van der Waals surface area contributed by atoms with Gasteiger partial charge < -0.3 is 10.6 Å². The van der Waals surface area contributed by atoms with Gasteiger partial charge in [0.1, 0.15) is 4.33 Å². The summed E-state index contributed by atoms with van der Waals surface area (Å²) in [5.74, 6) is -2.41. The molecule has 2 unspecified atom stereocenters. The largest absolute Gasteiger partial charge is 0.349 e. The molecule has 2 N–H and O–H groups in total. The maximum absolute atomic E-state index is 12.8. The van der Waals surface area contributed by atoms with Crippen molar-refractivity contribution in [3.05, 3.63) is 62.6 Å². The first-order valence-corrected chi connectivity index (χ1v) is 10.6. The van der Waals surface area contributed by atoms with E-state index >= 15 is 0 Å². The molecular weight excluding hydrogens is 493 g/mol. The third-order valence-electron chi connectivity index (χ3n) is 4.61. The predicted molar refractivity (Wildman–Crippen MR) is 120 cm³/mol. The Bertz CT molecular complexity index is 1020. The Labute approximate surface area is 198 Å². The van der Waals surface area contributed by atoms with Crippen LogP contribution in [0.5, 0.6) is 0 Å². The highest BCUT2D eigenvalue weighted by Gasteiger charge is 2.67. The summed E-state index contributed by atoms with van der Waals surface area (Å²) in [6.07, 6.45) is 0. The second-order valence-corrected chi connectivity index (χ2v) is 9.57. The van der Waals surface area contributed by atoms with E-state index in [0.717, 1.165) is 0 Å². The van der Waals surface area contributed by atoms with E-state index in [1.165, 1.54) is 19.1 Å². The van der Waals surface area contributed by atoms with Crippen LogP contribution in [-0.4, -0.2) is 28.5 Å². The van der Waals surface area contributed by atoms with Gasteiger partial charge in [-0.15, -0.1) is 23.2 Å². The van der Waals surface area contributed by atoms with E-state index in [1.807, 2.05) is 0 Å². The van der Waals surface area contributed by atoms with Crippen LogP contribution >= 0.6 is 58.0 Å². The standard InChI is InChI=1S/C20H15Cl5N2O3/c1-9(28)26-8-16(29)14-7-13(2-3-15(14)23)27-19(30)18-17(20(18,24)25)10-4-11(21)6-12(22)5-10/h2-7,17-18H,8H2,1H3,(H,26,28)(H,27,30). The summed E-state index contributed by atoms with van der Waals surface area (Å²) in [6.45, 7) is 1.09. The first-order chi connectivity index (χ1) is 14.0. The van der Waals surface area contributed by atoms with Crippen LogP contribution in [0.15, 0.2) is 36.4 Å². The Balaban J connectivity index is 1.77. The molecule has 1 aliphatic rings. The molecule has 30 heavy (non-hydrogen) atoms. The number of alkyl halides is 2. The lowest BCUT2D eigenvalue weighted by atomic mass is 10.1.